The molecule has 0 saturated carbocycles. The van der Waals surface area contributed by atoms with E-state index in [1.54, 1.807) is 62.0 Å². The Hall–Kier alpha value is -3.81. The Morgan fingerprint density at radius 3 is 2.59 bits per heavy atom. The summed E-state index contributed by atoms with van der Waals surface area (Å²) >= 11 is 0. The maximum absolute atomic E-state index is 12.2. The molecule has 0 atom stereocenters. The van der Waals surface area contributed by atoms with Crippen molar-refractivity contribution < 1.29 is 18.8 Å². The largest absolute Gasteiger partial charge is 0.497 e. The van der Waals surface area contributed by atoms with E-state index in [2.05, 4.69) is 20.1 Å². The second-order valence-electron chi connectivity index (χ2n) is 5.58. The third-order valence-electron chi connectivity index (χ3n) is 3.84. The minimum absolute atomic E-state index is 0.100. The van der Waals surface area contributed by atoms with Gasteiger partial charge in [-0.2, -0.15) is 4.98 Å². The topological polar surface area (TPSA) is 100 Å². The molecule has 0 aliphatic heterocycles. The Balaban J connectivity index is 1.43. The molecule has 134 valence electrons. The van der Waals surface area contributed by atoms with Crippen LogP contribution in [-0.2, 0) is 11.3 Å². The summed E-state index contributed by atoms with van der Waals surface area (Å²) in [5.74, 6) is 0.838. The molecule has 0 saturated heterocycles. The van der Waals surface area contributed by atoms with Gasteiger partial charge in [-0.1, -0.05) is 5.16 Å². The van der Waals surface area contributed by atoms with Crippen LogP contribution in [-0.4, -0.2) is 33.2 Å². The van der Waals surface area contributed by atoms with Crippen LogP contribution in [0, 0.1) is 0 Å². The second-order valence-corrected chi connectivity index (χ2v) is 5.58. The van der Waals surface area contributed by atoms with Gasteiger partial charge in [-0.15, -0.1) is 0 Å². The number of methoxy groups -OCH3 is 1. The zero-order chi connectivity index (χ0) is 18.6. The van der Waals surface area contributed by atoms with E-state index in [4.69, 9.17) is 14.0 Å². The summed E-state index contributed by atoms with van der Waals surface area (Å²) in [6.07, 6.45) is 3.16. The molecule has 0 aliphatic rings. The third kappa shape index (κ3) is 3.59. The van der Waals surface area contributed by atoms with Crippen molar-refractivity contribution in [3.05, 3.63) is 66.2 Å². The first-order valence-electron chi connectivity index (χ1n) is 8.08. The van der Waals surface area contributed by atoms with Gasteiger partial charge in [0.2, 0.25) is 5.82 Å². The van der Waals surface area contributed by atoms with E-state index in [-0.39, 0.29) is 12.4 Å². The molecule has 8 heteroatoms. The average Bonchev–Trinajstić information content (AvgIpc) is 3.21. The van der Waals surface area contributed by atoms with Crippen molar-refractivity contribution in [2.45, 2.75) is 6.61 Å². The molecule has 0 radical (unpaired) electrons. The van der Waals surface area contributed by atoms with E-state index >= 15 is 0 Å². The molecule has 4 rings (SSSR count). The molecule has 0 unspecified atom stereocenters. The molecule has 2 heterocycles. The van der Waals surface area contributed by atoms with Crippen molar-refractivity contribution in [2.75, 3.05) is 7.11 Å². The van der Waals surface area contributed by atoms with Gasteiger partial charge < -0.3 is 14.0 Å². The molecular formula is C19H14N4O4. The number of carbonyl (C=O) groups excluding carboxylic acids is 1. The molecule has 2 aromatic heterocycles. The summed E-state index contributed by atoms with van der Waals surface area (Å²) in [7, 11) is 1.59. The highest BCUT2D eigenvalue weighted by Gasteiger charge is 2.13. The number of ether oxygens (including phenoxy) is 2. The van der Waals surface area contributed by atoms with Crippen LogP contribution in [0.2, 0.25) is 0 Å². The van der Waals surface area contributed by atoms with Gasteiger partial charge in [-0.05, 0) is 42.5 Å². The number of fused-ring (bicyclic) bond motifs is 1. The van der Waals surface area contributed by atoms with Gasteiger partial charge in [0.15, 0.2) is 6.61 Å². The summed E-state index contributed by atoms with van der Waals surface area (Å²) in [6, 6.07) is 12.2. The average molecular weight is 362 g/mol. The molecule has 4 aromatic rings. The molecular weight excluding hydrogens is 348 g/mol. The maximum Gasteiger partial charge on any atom is 0.338 e. The normalized spacial score (nSPS) is 10.7. The summed E-state index contributed by atoms with van der Waals surface area (Å²) in [5, 5.41) is 3.83. The minimum Gasteiger partial charge on any atom is -0.497 e. The summed E-state index contributed by atoms with van der Waals surface area (Å²) in [6.45, 7) is -0.100. The van der Waals surface area contributed by atoms with Crippen LogP contribution in [0.5, 0.6) is 5.75 Å². The van der Waals surface area contributed by atoms with Crippen LogP contribution < -0.4 is 4.74 Å². The number of esters is 1. The second kappa shape index (κ2) is 7.20. The molecule has 27 heavy (non-hydrogen) atoms. The molecule has 0 aliphatic carbocycles. The number of rotatable bonds is 5. The first-order chi connectivity index (χ1) is 13.2. The van der Waals surface area contributed by atoms with Crippen LogP contribution in [0.15, 0.2) is 59.4 Å². The Morgan fingerprint density at radius 1 is 1.04 bits per heavy atom. The minimum atomic E-state index is -0.502. The standard InChI is InChI=1S/C19H14N4O4/c1-25-14-5-2-12(3-6-14)18-22-17(23-27-18)11-26-19(24)13-4-7-15-16(10-13)21-9-8-20-15/h2-10H,11H2,1H3. The lowest BCUT2D eigenvalue weighted by atomic mass is 10.2. The number of aromatic nitrogens is 4. The van der Waals surface area contributed by atoms with Gasteiger partial charge in [-0.3, -0.25) is 9.97 Å². The number of hydrogen-bond donors (Lipinski definition) is 0. The molecule has 0 amide bonds. The summed E-state index contributed by atoms with van der Waals surface area (Å²) in [4.78, 5) is 24.8. The van der Waals surface area contributed by atoms with Crippen molar-refractivity contribution in [1.29, 1.82) is 0 Å². The molecule has 0 N–H and O–H groups in total. The molecule has 2 aromatic carbocycles. The maximum atomic E-state index is 12.2. The van der Waals surface area contributed by atoms with Crippen LogP contribution in [0.4, 0.5) is 0 Å². The highest BCUT2D eigenvalue weighted by Crippen LogP contribution is 2.21. The Kier molecular flexibility index (Phi) is 4.44. The lowest BCUT2D eigenvalue weighted by Crippen LogP contribution is -2.06. The molecule has 8 nitrogen and oxygen atoms in total. The quantitative estimate of drug-likeness (QED) is 0.499. The van der Waals surface area contributed by atoms with Gasteiger partial charge in [0, 0.05) is 18.0 Å². The Labute approximate surface area is 153 Å². The monoisotopic (exact) mass is 362 g/mol. The number of nitrogens with zero attached hydrogens (tertiary/aromatic N) is 4. The van der Waals surface area contributed by atoms with Gasteiger partial charge >= 0.3 is 5.97 Å². The van der Waals surface area contributed by atoms with E-state index < -0.39 is 5.97 Å². The lowest BCUT2D eigenvalue weighted by Gasteiger charge is -2.03. The molecule has 0 spiro atoms. The van der Waals surface area contributed by atoms with Crippen molar-refractivity contribution in [2.24, 2.45) is 0 Å². The fraction of sp³-hybridized carbons (Fsp3) is 0.105. The van der Waals surface area contributed by atoms with Gasteiger partial charge in [0.1, 0.15) is 5.75 Å². The van der Waals surface area contributed by atoms with E-state index in [0.29, 0.717) is 22.5 Å². The fourth-order valence-electron chi connectivity index (χ4n) is 2.47. The van der Waals surface area contributed by atoms with Gasteiger partial charge in [0.25, 0.3) is 5.89 Å². The number of benzene rings is 2. The van der Waals surface area contributed by atoms with Crippen molar-refractivity contribution in [1.82, 2.24) is 20.1 Å². The SMILES string of the molecule is COc1ccc(-c2nc(COC(=O)c3ccc4nccnc4c3)no2)cc1. The van der Waals surface area contributed by atoms with Crippen LogP contribution >= 0.6 is 0 Å². The zero-order valence-electron chi connectivity index (χ0n) is 14.3. The predicted molar refractivity (Wildman–Crippen MR) is 94.9 cm³/mol. The van der Waals surface area contributed by atoms with E-state index in [1.165, 1.54) is 0 Å². The summed E-state index contributed by atoms with van der Waals surface area (Å²) < 4.78 is 15.6. The summed E-state index contributed by atoms with van der Waals surface area (Å²) in [5.41, 5.74) is 2.44. The third-order valence-corrected chi connectivity index (χ3v) is 3.84. The van der Waals surface area contributed by atoms with Crippen LogP contribution in [0.1, 0.15) is 16.2 Å². The number of carbonyl (C=O) groups is 1. The first-order valence-corrected chi connectivity index (χ1v) is 8.08. The van der Waals surface area contributed by atoms with Gasteiger partial charge in [0.05, 0.1) is 23.7 Å². The smallest absolute Gasteiger partial charge is 0.338 e. The highest BCUT2D eigenvalue weighted by molar-refractivity contribution is 5.93. The van der Waals surface area contributed by atoms with Gasteiger partial charge in [-0.25, -0.2) is 4.79 Å². The van der Waals surface area contributed by atoms with Crippen molar-refractivity contribution >= 4 is 17.0 Å². The van der Waals surface area contributed by atoms with E-state index in [9.17, 15) is 4.79 Å². The van der Waals surface area contributed by atoms with Crippen LogP contribution in [0.3, 0.4) is 0 Å². The molecule has 0 fully saturated rings. The molecule has 0 bridgehead atoms. The van der Waals surface area contributed by atoms with Crippen molar-refractivity contribution in [3.8, 4) is 17.2 Å². The lowest BCUT2D eigenvalue weighted by molar-refractivity contribution is 0.0460. The van der Waals surface area contributed by atoms with Crippen LogP contribution in [0.25, 0.3) is 22.5 Å². The van der Waals surface area contributed by atoms with E-state index in [1.807, 2.05) is 0 Å². The number of hydrogen-bond acceptors (Lipinski definition) is 8. The zero-order valence-corrected chi connectivity index (χ0v) is 14.3. The Morgan fingerprint density at radius 2 is 1.81 bits per heavy atom. The fourth-order valence-corrected chi connectivity index (χ4v) is 2.47. The van der Waals surface area contributed by atoms with E-state index in [0.717, 1.165) is 11.3 Å². The first kappa shape index (κ1) is 16.6. The van der Waals surface area contributed by atoms with Crippen molar-refractivity contribution in [3.63, 3.8) is 0 Å². The predicted octanol–water partition coefficient (Wildman–Crippen LogP) is 3.05. The Bertz CT molecular complexity index is 1090. The highest BCUT2D eigenvalue weighted by atomic mass is 16.5.